The van der Waals surface area contributed by atoms with Gasteiger partial charge in [-0.15, -0.1) is 0 Å². The lowest BCUT2D eigenvalue weighted by Gasteiger charge is -2.27. The molecule has 0 unspecified atom stereocenters. The molecule has 0 radical (unpaired) electrons. The summed E-state index contributed by atoms with van der Waals surface area (Å²) in [4.78, 5) is 25.1. The maximum atomic E-state index is 12.2. The van der Waals surface area contributed by atoms with E-state index in [9.17, 15) is 9.59 Å². The molecule has 20 heavy (non-hydrogen) atoms. The molecule has 1 aliphatic heterocycles. The Balaban J connectivity index is 2.55. The van der Waals surface area contributed by atoms with Crippen LogP contribution in [0.3, 0.4) is 0 Å². The number of urea groups is 1. The molecule has 6 heteroatoms. The van der Waals surface area contributed by atoms with Crippen LogP contribution in [0.1, 0.15) is 39.5 Å². The summed E-state index contributed by atoms with van der Waals surface area (Å²) >= 11 is 1.59. The Kier molecular flexibility index (Phi) is 6.65. The predicted molar refractivity (Wildman–Crippen MR) is 82.2 cm³/mol. The number of rotatable bonds is 7. The van der Waals surface area contributed by atoms with Crippen LogP contribution >= 0.6 is 11.8 Å². The van der Waals surface area contributed by atoms with E-state index in [1.165, 1.54) is 0 Å². The number of carboxylic acids is 1. The molecule has 5 nitrogen and oxygen atoms in total. The Hall–Kier alpha value is -0.910. The quantitative estimate of drug-likeness (QED) is 0.758. The highest BCUT2D eigenvalue weighted by atomic mass is 32.2. The van der Waals surface area contributed by atoms with Crippen molar-refractivity contribution >= 4 is 23.8 Å². The fourth-order valence-electron chi connectivity index (χ4n) is 2.67. The fourth-order valence-corrected chi connectivity index (χ4v) is 3.14. The summed E-state index contributed by atoms with van der Waals surface area (Å²) in [5.74, 6) is -0.227. The Morgan fingerprint density at radius 2 is 2.05 bits per heavy atom. The lowest BCUT2D eigenvalue weighted by atomic mass is 9.82. The maximum Gasteiger partial charge on any atom is 0.326 e. The molecule has 1 atom stereocenters. The molecule has 116 valence electrons. The second-order valence-electron chi connectivity index (χ2n) is 5.50. The average Bonchev–Trinajstić information content (AvgIpc) is 2.88. The molecule has 0 aromatic heterocycles. The number of nitrogens with zero attached hydrogens (tertiary/aromatic N) is 1. The topological polar surface area (TPSA) is 69.6 Å². The molecule has 0 aromatic carbocycles. The Morgan fingerprint density at radius 1 is 1.40 bits per heavy atom. The summed E-state index contributed by atoms with van der Waals surface area (Å²) in [6, 6.07) is -1.02. The summed E-state index contributed by atoms with van der Waals surface area (Å²) in [6.45, 7) is 5.77. The zero-order valence-corrected chi connectivity index (χ0v) is 13.5. The normalized spacial score (nSPS) is 18.9. The van der Waals surface area contributed by atoms with Crippen LogP contribution in [-0.2, 0) is 4.79 Å². The first-order chi connectivity index (χ1) is 9.48. The van der Waals surface area contributed by atoms with Gasteiger partial charge in [-0.25, -0.2) is 9.59 Å². The average molecular weight is 302 g/mol. The summed E-state index contributed by atoms with van der Waals surface area (Å²) in [5.41, 5.74) is 0.218. The van der Waals surface area contributed by atoms with E-state index in [4.69, 9.17) is 5.11 Å². The molecule has 0 bridgehead atoms. The van der Waals surface area contributed by atoms with Gasteiger partial charge in [0.15, 0.2) is 0 Å². The van der Waals surface area contributed by atoms with Gasteiger partial charge in [0.2, 0.25) is 0 Å². The van der Waals surface area contributed by atoms with E-state index in [0.717, 1.165) is 38.1 Å². The lowest BCUT2D eigenvalue weighted by molar-refractivity contribution is -0.139. The molecule has 2 N–H and O–H groups in total. The van der Waals surface area contributed by atoms with Crippen molar-refractivity contribution in [3.05, 3.63) is 0 Å². The number of thioether (sulfide) groups is 1. The third-order valence-corrected chi connectivity index (χ3v) is 5.08. The number of nitrogens with one attached hydrogen (secondary N) is 1. The minimum atomic E-state index is -0.955. The van der Waals surface area contributed by atoms with Gasteiger partial charge in [-0.3, -0.25) is 0 Å². The van der Waals surface area contributed by atoms with Gasteiger partial charge in [-0.1, -0.05) is 13.8 Å². The highest BCUT2D eigenvalue weighted by Gasteiger charge is 2.37. The van der Waals surface area contributed by atoms with Crippen LogP contribution in [0.2, 0.25) is 0 Å². The molecule has 1 rings (SSSR count). The minimum Gasteiger partial charge on any atom is -0.480 e. The molecule has 1 aliphatic rings. The molecular formula is C14H26N2O3S. The first kappa shape index (κ1) is 17.1. The molecule has 0 aliphatic carbocycles. The van der Waals surface area contributed by atoms with Crippen molar-refractivity contribution in [2.24, 2.45) is 5.41 Å². The number of likely N-dealkylation sites (tertiary alicyclic amines) is 1. The first-order valence-corrected chi connectivity index (χ1v) is 8.64. The lowest BCUT2D eigenvalue weighted by Crippen LogP contribution is -2.48. The standard InChI is InChI=1S/C14H26N2O3S/c1-4-14(5-2)7-8-16(10-14)13(19)15-11(12(17)18)6-9-20-3/h11H,4-10H2,1-3H3,(H,15,19)(H,17,18)/t11-/m1/s1. The van der Waals surface area contributed by atoms with E-state index < -0.39 is 12.0 Å². The van der Waals surface area contributed by atoms with Crippen LogP contribution in [0.25, 0.3) is 0 Å². The second-order valence-corrected chi connectivity index (χ2v) is 6.49. The van der Waals surface area contributed by atoms with Gasteiger partial charge in [0.25, 0.3) is 0 Å². The van der Waals surface area contributed by atoms with Gasteiger partial charge in [-0.05, 0) is 43.1 Å². The molecule has 1 saturated heterocycles. The largest absolute Gasteiger partial charge is 0.480 e. The van der Waals surface area contributed by atoms with Gasteiger partial charge in [0, 0.05) is 13.1 Å². The van der Waals surface area contributed by atoms with E-state index in [2.05, 4.69) is 19.2 Å². The number of hydrogen-bond acceptors (Lipinski definition) is 3. The van der Waals surface area contributed by atoms with Crippen LogP contribution in [0.15, 0.2) is 0 Å². The monoisotopic (exact) mass is 302 g/mol. The van der Waals surface area contributed by atoms with Gasteiger partial charge in [-0.2, -0.15) is 11.8 Å². The Labute approximate surface area is 125 Å². The smallest absolute Gasteiger partial charge is 0.326 e. The maximum absolute atomic E-state index is 12.2. The highest BCUT2D eigenvalue weighted by molar-refractivity contribution is 7.98. The van der Waals surface area contributed by atoms with Crippen molar-refractivity contribution in [3.8, 4) is 0 Å². The van der Waals surface area contributed by atoms with Crippen molar-refractivity contribution in [2.75, 3.05) is 25.1 Å². The minimum absolute atomic E-state index is 0.218. The van der Waals surface area contributed by atoms with Gasteiger partial charge in [0.05, 0.1) is 0 Å². The third-order valence-electron chi connectivity index (χ3n) is 4.43. The number of hydrogen-bond donors (Lipinski definition) is 2. The molecule has 1 fully saturated rings. The summed E-state index contributed by atoms with van der Waals surface area (Å²) in [6.07, 6.45) is 5.51. The molecule has 0 spiro atoms. The van der Waals surface area contributed by atoms with Crippen LogP contribution in [-0.4, -0.2) is 53.1 Å². The molecule has 2 amide bonds. The van der Waals surface area contributed by atoms with E-state index in [1.54, 1.807) is 16.7 Å². The number of carbonyl (C=O) groups is 2. The zero-order chi connectivity index (χ0) is 15.2. The molecule has 0 aromatic rings. The molecule has 1 heterocycles. The van der Waals surface area contributed by atoms with Gasteiger partial charge in [0.1, 0.15) is 6.04 Å². The van der Waals surface area contributed by atoms with Gasteiger partial charge < -0.3 is 15.3 Å². The Bertz CT molecular complexity index is 345. The number of aliphatic carboxylic acids is 1. The van der Waals surface area contributed by atoms with Gasteiger partial charge >= 0.3 is 12.0 Å². The summed E-state index contributed by atoms with van der Waals surface area (Å²) < 4.78 is 0. The summed E-state index contributed by atoms with van der Waals surface area (Å²) in [7, 11) is 0. The number of carboxylic acid groups (broad SMARTS) is 1. The zero-order valence-electron chi connectivity index (χ0n) is 12.6. The number of carbonyl (C=O) groups excluding carboxylic acids is 1. The van der Waals surface area contributed by atoms with Crippen LogP contribution in [0.4, 0.5) is 4.79 Å². The van der Waals surface area contributed by atoms with E-state index in [-0.39, 0.29) is 11.4 Å². The first-order valence-electron chi connectivity index (χ1n) is 7.25. The van der Waals surface area contributed by atoms with Crippen molar-refractivity contribution in [3.63, 3.8) is 0 Å². The predicted octanol–water partition coefficient (Wildman–Crippen LogP) is 2.41. The number of amides is 2. The van der Waals surface area contributed by atoms with E-state index >= 15 is 0 Å². The van der Waals surface area contributed by atoms with Crippen molar-refractivity contribution in [2.45, 2.75) is 45.6 Å². The van der Waals surface area contributed by atoms with Crippen molar-refractivity contribution in [1.29, 1.82) is 0 Å². The van der Waals surface area contributed by atoms with Crippen molar-refractivity contribution in [1.82, 2.24) is 10.2 Å². The highest BCUT2D eigenvalue weighted by Crippen LogP contribution is 2.36. The SMILES string of the molecule is CCC1(CC)CCN(C(=O)N[C@H](CCSC)C(=O)O)C1. The van der Waals surface area contributed by atoms with Crippen LogP contribution < -0.4 is 5.32 Å². The van der Waals surface area contributed by atoms with Crippen LogP contribution in [0.5, 0.6) is 0 Å². The second kappa shape index (κ2) is 7.76. The van der Waals surface area contributed by atoms with Crippen molar-refractivity contribution < 1.29 is 14.7 Å². The molecule has 0 saturated carbocycles. The molecular weight excluding hydrogens is 276 g/mol. The third kappa shape index (κ3) is 4.30. The fraction of sp³-hybridized carbons (Fsp3) is 0.857. The van der Waals surface area contributed by atoms with Crippen LogP contribution in [0, 0.1) is 5.41 Å². The van der Waals surface area contributed by atoms with E-state index in [0.29, 0.717) is 6.42 Å². The summed E-state index contributed by atoms with van der Waals surface area (Å²) in [5, 5.41) is 11.8. The Morgan fingerprint density at radius 3 is 2.50 bits per heavy atom. The van der Waals surface area contributed by atoms with E-state index in [1.807, 2.05) is 6.26 Å².